The number of rotatable bonds is 3. The summed E-state index contributed by atoms with van der Waals surface area (Å²) in [5.41, 5.74) is 1.00. The summed E-state index contributed by atoms with van der Waals surface area (Å²) in [7, 11) is 2.13. The maximum absolute atomic E-state index is 10.7. The van der Waals surface area contributed by atoms with Gasteiger partial charge in [-0.15, -0.1) is 0 Å². The van der Waals surface area contributed by atoms with E-state index in [1.807, 2.05) is 24.3 Å². The van der Waals surface area contributed by atoms with Crippen LogP contribution in [0.1, 0.15) is 16.5 Å². The summed E-state index contributed by atoms with van der Waals surface area (Å²) in [6, 6.07) is 7.74. The van der Waals surface area contributed by atoms with Crippen LogP contribution in [0.2, 0.25) is 5.02 Å². The normalized spacial score (nSPS) is 18.2. The van der Waals surface area contributed by atoms with Crippen LogP contribution in [0.15, 0.2) is 30.6 Å². The first-order chi connectivity index (χ1) is 11.6. The number of fused-ring (bicyclic) bond motifs is 1. The number of halogens is 1. The van der Waals surface area contributed by atoms with E-state index in [1.165, 1.54) is 22.2 Å². The van der Waals surface area contributed by atoms with Crippen molar-refractivity contribution in [1.82, 2.24) is 24.4 Å². The third-order valence-electron chi connectivity index (χ3n) is 4.49. The third-order valence-corrected chi connectivity index (χ3v) is 5.92. The van der Waals surface area contributed by atoms with Crippen molar-refractivity contribution in [2.24, 2.45) is 0 Å². The highest BCUT2D eigenvalue weighted by molar-refractivity contribution is 7.17. The number of hydrogen-bond acceptors (Lipinski definition) is 6. The lowest BCUT2D eigenvalue weighted by Crippen LogP contribution is -2.46. The minimum atomic E-state index is -0.0964. The second-order valence-corrected chi connectivity index (χ2v) is 7.42. The number of aromatic hydroxyl groups is 1. The van der Waals surface area contributed by atoms with Gasteiger partial charge in [-0.25, -0.2) is 4.98 Å². The molecule has 4 rings (SSSR count). The Morgan fingerprint density at radius 1 is 1.21 bits per heavy atom. The third kappa shape index (κ3) is 2.67. The van der Waals surface area contributed by atoms with Gasteiger partial charge < -0.3 is 10.0 Å². The van der Waals surface area contributed by atoms with Crippen molar-refractivity contribution < 1.29 is 5.11 Å². The van der Waals surface area contributed by atoms with E-state index in [-0.39, 0.29) is 11.9 Å². The Bertz CT molecular complexity index is 855. The highest BCUT2D eigenvalue weighted by Crippen LogP contribution is 2.41. The van der Waals surface area contributed by atoms with Gasteiger partial charge in [-0.3, -0.25) is 4.90 Å². The molecule has 24 heavy (non-hydrogen) atoms. The highest BCUT2D eigenvalue weighted by atomic mass is 35.5. The van der Waals surface area contributed by atoms with Crippen molar-refractivity contribution in [3.05, 3.63) is 46.1 Å². The summed E-state index contributed by atoms with van der Waals surface area (Å²) in [6.45, 7) is 3.81. The summed E-state index contributed by atoms with van der Waals surface area (Å²) >= 11 is 7.95. The number of benzene rings is 1. The minimum absolute atomic E-state index is 0.0964. The first-order valence-corrected chi connectivity index (χ1v) is 9.03. The molecule has 1 saturated heterocycles. The monoisotopic (exact) mass is 363 g/mol. The maximum Gasteiger partial charge on any atom is 0.230 e. The van der Waals surface area contributed by atoms with Crippen LogP contribution in [0.4, 0.5) is 0 Å². The van der Waals surface area contributed by atoms with Crippen LogP contribution in [0.5, 0.6) is 5.88 Å². The molecule has 1 fully saturated rings. The van der Waals surface area contributed by atoms with Crippen LogP contribution in [0, 0.1) is 0 Å². The molecule has 3 aromatic rings. The number of likely N-dealkylation sites (N-methyl/N-ethyl adjacent to an activating group) is 1. The Kier molecular flexibility index (Phi) is 4.17. The smallest absolute Gasteiger partial charge is 0.230 e. The van der Waals surface area contributed by atoms with Crippen LogP contribution in [0.25, 0.3) is 4.96 Å². The fourth-order valence-corrected chi connectivity index (χ4v) is 4.47. The van der Waals surface area contributed by atoms with Crippen molar-refractivity contribution in [3.8, 4) is 5.88 Å². The molecule has 6 nitrogen and oxygen atoms in total. The van der Waals surface area contributed by atoms with Gasteiger partial charge >= 0.3 is 0 Å². The predicted octanol–water partition coefficient (Wildman–Crippen LogP) is 2.49. The van der Waals surface area contributed by atoms with E-state index in [4.69, 9.17) is 11.6 Å². The van der Waals surface area contributed by atoms with Crippen LogP contribution < -0.4 is 0 Å². The summed E-state index contributed by atoms with van der Waals surface area (Å²) < 4.78 is 1.49. The topological polar surface area (TPSA) is 56.9 Å². The number of thiazole rings is 1. The lowest BCUT2D eigenvalue weighted by molar-refractivity contribution is 0.127. The van der Waals surface area contributed by atoms with Gasteiger partial charge in [0.25, 0.3) is 0 Å². The van der Waals surface area contributed by atoms with Gasteiger partial charge in [-0.05, 0) is 18.7 Å². The zero-order chi connectivity index (χ0) is 16.7. The van der Waals surface area contributed by atoms with Crippen molar-refractivity contribution in [3.63, 3.8) is 0 Å². The second-order valence-electron chi connectivity index (χ2n) is 6.01. The van der Waals surface area contributed by atoms with Gasteiger partial charge in [-0.1, -0.05) is 41.1 Å². The minimum Gasteiger partial charge on any atom is -0.492 e. The molecule has 126 valence electrons. The molecule has 1 N–H and O–H groups in total. The molecule has 3 heterocycles. The van der Waals surface area contributed by atoms with Crippen LogP contribution >= 0.6 is 22.9 Å². The molecule has 0 radical (unpaired) electrons. The summed E-state index contributed by atoms with van der Waals surface area (Å²) in [5.74, 6) is 0.149. The molecule has 0 amide bonds. The Morgan fingerprint density at radius 2 is 1.96 bits per heavy atom. The Balaban J connectivity index is 1.82. The second kappa shape index (κ2) is 6.33. The average molecular weight is 364 g/mol. The summed E-state index contributed by atoms with van der Waals surface area (Å²) in [6.07, 6.45) is 1.45. The molecular formula is C16H18ClN5OS. The fraction of sp³-hybridized carbons (Fsp3) is 0.375. The largest absolute Gasteiger partial charge is 0.492 e. The molecule has 0 aliphatic carbocycles. The van der Waals surface area contributed by atoms with Gasteiger partial charge in [0.1, 0.15) is 6.33 Å². The van der Waals surface area contributed by atoms with Crippen molar-refractivity contribution in [2.75, 3.05) is 33.2 Å². The van der Waals surface area contributed by atoms with Gasteiger partial charge in [0.2, 0.25) is 10.8 Å². The molecule has 1 aromatic carbocycles. The van der Waals surface area contributed by atoms with E-state index in [1.54, 1.807) is 0 Å². The van der Waals surface area contributed by atoms with Gasteiger partial charge in [0, 0.05) is 31.2 Å². The van der Waals surface area contributed by atoms with Gasteiger partial charge in [-0.2, -0.15) is 9.61 Å². The van der Waals surface area contributed by atoms with Crippen molar-refractivity contribution >= 4 is 27.9 Å². The van der Waals surface area contributed by atoms with E-state index in [0.717, 1.165) is 36.6 Å². The standard InChI is InChI=1S/C16H18ClN5OS/c1-20-6-8-21(9-7-20)13(11-4-2-3-5-12(11)17)14-15(23)22-16(24-14)18-10-19-22/h2-5,10,13,23H,6-9H2,1H3/t13-/m0/s1. The average Bonchev–Trinajstić information content (AvgIpc) is 3.15. The molecule has 1 aliphatic rings. The molecule has 8 heteroatoms. The van der Waals surface area contributed by atoms with Crippen LogP contribution in [0.3, 0.4) is 0 Å². The Morgan fingerprint density at radius 3 is 2.67 bits per heavy atom. The van der Waals surface area contributed by atoms with E-state index in [9.17, 15) is 5.11 Å². The summed E-state index contributed by atoms with van der Waals surface area (Å²) in [4.78, 5) is 10.4. The van der Waals surface area contributed by atoms with Crippen molar-refractivity contribution in [1.29, 1.82) is 0 Å². The predicted molar refractivity (Wildman–Crippen MR) is 94.9 cm³/mol. The Labute approximate surface area is 148 Å². The molecular weight excluding hydrogens is 346 g/mol. The maximum atomic E-state index is 10.7. The molecule has 0 spiro atoms. The van der Waals surface area contributed by atoms with E-state index >= 15 is 0 Å². The molecule has 1 aliphatic heterocycles. The number of piperazine rings is 1. The lowest BCUT2D eigenvalue weighted by Gasteiger charge is -2.38. The number of nitrogens with zero attached hydrogens (tertiary/aromatic N) is 5. The van der Waals surface area contributed by atoms with Crippen molar-refractivity contribution in [2.45, 2.75) is 6.04 Å². The SMILES string of the molecule is CN1CCN([C@@H](c2ccccc2Cl)c2sc3ncnn3c2O)CC1. The number of hydrogen-bond donors (Lipinski definition) is 1. The van der Waals surface area contributed by atoms with E-state index in [0.29, 0.717) is 9.98 Å². The van der Waals surface area contributed by atoms with E-state index in [2.05, 4.69) is 26.9 Å². The molecule has 0 bridgehead atoms. The first-order valence-electron chi connectivity index (χ1n) is 7.83. The van der Waals surface area contributed by atoms with Crippen LogP contribution in [-0.4, -0.2) is 62.7 Å². The molecule has 1 atom stereocenters. The fourth-order valence-electron chi connectivity index (χ4n) is 3.15. The van der Waals surface area contributed by atoms with Gasteiger partial charge in [0.15, 0.2) is 0 Å². The van der Waals surface area contributed by atoms with Crippen LogP contribution in [-0.2, 0) is 0 Å². The molecule has 0 saturated carbocycles. The number of aromatic nitrogens is 3. The zero-order valence-corrected chi connectivity index (χ0v) is 14.8. The summed E-state index contributed by atoms with van der Waals surface area (Å²) in [5, 5.41) is 15.5. The first kappa shape index (κ1) is 15.8. The highest BCUT2D eigenvalue weighted by Gasteiger charge is 2.31. The lowest BCUT2D eigenvalue weighted by atomic mass is 10.0. The zero-order valence-electron chi connectivity index (χ0n) is 13.3. The Hall–Kier alpha value is -1.67. The molecule has 0 unspecified atom stereocenters. The van der Waals surface area contributed by atoms with Gasteiger partial charge in [0.05, 0.1) is 10.9 Å². The quantitative estimate of drug-likeness (QED) is 0.774. The molecule has 2 aromatic heterocycles. The van der Waals surface area contributed by atoms with E-state index < -0.39 is 0 Å².